The van der Waals surface area contributed by atoms with Crippen molar-refractivity contribution in [3.05, 3.63) is 35.7 Å². The predicted octanol–water partition coefficient (Wildman–Crippen LogP) is 1.75. The molecule has 1 aromatic carbocycles. The molecule has 0 atom stereocenters. The third-order valence-electron chi connectivity index (χ3n) is 3.54. The highest BCUT2D eigenvalue weighted by molar-refractivity contribution is 5.92. The van der Waals surface area contributed by atoms with E-state index in [1.165, 1.54) is 0 Å². The van der Waals surface area contributed by atoms with Crippen LogP contribution in [0.25, 0.3) is 0 Å². The Hall–Kier alpha value is -2.50. The van der Waals surface area contributed by atoms with Crippen LogP contribution in [0.2, 0.25) is 0 Å². The van der Waals surface area contributed by atoms with Gasteiger partial charge >= 0.3 is 0 Å². The molecule has 0 aliphatic carbocycles. The van der Waals surface area contributed by atoms with Gasteiger partial charge in [-0.3, -0.25) is 9.48 Å². The molecule has 0 spiro atoms. The summed E-state index contributed by atoms with van der Waals surface area (Å²) in [6.07, 6.45) is 0. The Labute approximate surface area is 124 Å². The molecule has 6 nitrogen and oxygen atoms in total. The summed E-state index contributed by atoms with van der Waals surface area (Å²) in [5, 5.41) is 4.28. The molecule has 2 N–H and O–H groups in total. The average Bonchev–Trinajstić information content (AvgIpc) is 2.73. The number of nitrogen functional groups attached to an aromatic ring is 1. The Kier molecular flexibility index (Phi) is 4.16. The Morgan fingerprint density at radius 1 is 1.43 bits per heavy atom. The molecule has 0 saturated carbocycles. The first-order valence-electron chi connectivity index (χ1n) is 6.64. The summed E-state index contributed by atoms with van der Waals surface area (Å²) in [6, 6.07) is 7.35. The Morgan fingerprint density at radius 3 is 2.71 bits per heavy atom. The lowest BCUT2D eigenvalue weighted by molar-refractivity contribution is -0.119. The van der Waals surface area contributed by atoms with Crippen LogP contribution in [0.15, 0.2) is 24.3 Å². The predicted molar refractivity (Wildman–Crippen MR) is 82.5 cm³/mol. The van der Waals surface area contributed by atoms with Crippen LogP contribution in [0.1, 0.15) is 11.4 Å². The van der Waals surface area contributed by atoms with Crippen molar-refractivity contribution in [1.82, 2.24) is 9.78 Å². The van der Waals surface area contributed by atoms with Gasteiger partial charge in [-0.15, -0.1) is 0 Å². The lowest BCUT2D eigenvalue weighted by atomic mass is 10.2. The molecule has 2 rings (SSSR count). The third kappa shape index (κ3) is 2.99. The largest absolute Gasteiger partial charge is 0.497 e. The van der Waals surface area contributed by atoms with E-state index in [0.29, 0.717) is 11.4 Å². The number of hydrogen-bond acceptors (Lipinski definition) is 4. The van der Waals surface area contributed by atoms with Gasteiger partial charge in [0.25, 0.3) is 0 Å². The maximum atomic E-state index is 12.4. The number of aromatic nitrogens is 2. The van der Waals surface area contributed by atoms with E-state index in [0.717, 1.165) is 17.1 Å². The fourth-order valence-electron chi connectivity index (χ4n) is 2.06. The lowest BCUT2D eigenvalue weighted by Crippen LogP contribution is -2.30. The number of carbonyl (C=O) groups is 1. The first-order valence-corrected chi connectivity index (χ1v) is 6.64. The summed E-state index contributed by atoms with van der Waals surface area (Å²) in [5.74, 6) is 0.636. The van der Waals surface area contributed by atoms with Gasteiger partial charge in [0.1, 0.15) is 12.3 Å². The second kappa shape index (κ2) is 5.87. The fourth-order valence-corrected chi connectivity index (χ4v) is 2.06. The molecule has 0 aliphatic heterocycles. The number of rotatable bonds is 4. The van der Waals surface area contributed by atoms with E-state index in [2.05, 4.69) is 5.10 Å². The van der Waals surface area contributed by atoms with Crippen LogP contribution < -0.4 is 15.4 Å². The molecule has 0 bridgehead atoms. The van der Waals surface area contributed by atoms with Crippen LogP contribution in [0.5, 0.6) is 5.75 Å². The molecule has 6 heteroatoms. The average molecular weight is 288 g/mol. The maximum absolute atomic E-state index is 12.4. The Morgan fingerprint density at radius 2 is 2.14 bits per heavy atom. The lowest BCUT2D eigenvalue weighted by Gasteiger charge is -2.18. The second-order valence-corrected chi connectivity index (χ2v) is 4.90. The van der Waals surface area contributed by atoms with Gasteiger partial charge in [-0.2, -0.15) is 5.10 Å². The summed E-state index contributed by atoms with van der Waals surface area (Å²) in [5.41, 5.74) is 8.83. The SMILES string of the molecule is COc1cccc(N(C)C(=O)Cn2nc(C)c(N)c2C)c1. The van der Waals surface area contributed by atoms with Crippen molar-refractivity contribution in [1.29, 1.82) is 0 Å². The zero-order valence-corrected chi connectivity index (χ0v) is 12.8. The van der Waals surface area contributed by atoms with Crippen LogP contribution in [0.3, 0.4) is 0 Å². The van der Waals surface area contributed by atoms with Gasteiger partial charge in [-0.1, -0.05) is 6.07 Å². The molecular weight excluding hydrogens is 268 g/mol. The van der Waals surface area contributed by atoms with Crippen molar-refractivity contribution in [3.63, 3.8) is 0 Å². The number of methoxy groups -OCH3 is 1. The van der Waals surface area contributed by atoms with Crippen LogP contribution in [0, 0.1) is 13.8 Å². The van der Waals surface area contributed by atoms with Crippen molar-refractivity contribution in [2.75, 3.05) is 24.8 Å². The minimum absolute atomic E-state index is 0.0751. The highest BCUT2D eigenvalue weighted by atomic mass is 16.5. The minimum atomic E-state index is -0.0751. The summed E-state index contributed by atoms with van der Waals surface area (Å²) in [7, 11) is 3.33. The van der Waals surface area contributed by atoms with E-state index in [-0.39, 0.29) is 12.5 Å². The fraction of sp³-hybridized carbons (Fsp3) is 0.333. The van der Waals surface area contributed by atoms with E-state index in [1.54, 1.807) is 23.7 Å². The molecule has 112 valence electrons. The van der Waals surface area contributed by atoms with E-state index in [9.17, 15) is 4.79 Å². The number of hydrogen-bond donors (Lipinski definition) is 1. The van der Waals surface area contributed by atoms with Gasteiger partial charge in [-0.05, 0) is 26.0 Å². The van der Waals surface area contributed by atoms with Crippen LogP contribution in [-0.4, -0.2) is 29.8 Å². The number of amides is 1. The van der Waals surface area contributed by atoms with Crippen LogP contribution in [0.4, 0.5) is 11.4 Å². The van der Waals surface area contributed by atoms with Gasteiger partial charge in [-0.25, -0.2) is 0 Å². The number of anilines is 2. The van der Waals surface area contributed by atoms with E-state index in [4.69, 9.17) is 10.5 Å². The Balaban J connectivity index is 2.17. The van der Waals surface area contributed by atoms with E-state index in [1.807, 2.05) is 38.1 Å². The molecule has 0 radical (unpaired) electrons. The highest BCUT2D eigenvalue weighted by Crippen LogP contribution is 2.21. The molecule has 0 saturated heterocycles. The zero-order valence-electron chi connectivity index (χ0n) is 12.8. The van der Waals surface area contributed by atoms with Crippen LogP contribution >= 0.6 is 0 Å². The molecular formula is C15H20N4O2. The van der Waals surface area contributed by atoms with Crippen molar-refractivity contribution in [2.45, 2.75) is 20.4 Å². The number of likely N-dealkylation sites (N-methyl/N-ethyl adjacent to an activating group) is 1. The molecule has 2 aromatic rings. The normalized spacial score (nSPS) is 10.5. The topological polar surface area (TPSA) is 73.4 Å². The summed E-state index contributed by atoms with van der Waals surface area (Å²) in [6.45, 7) is 3.83. The van der Waals surface area contributed by atoms with Gasteiger partial charge in [0, 0.05) is 18.8 Å². The standard InChI is InChI=1S/C15H20N4O2/c1-10-15(16)11(2)19(17-10)9-14(20)18(3)12-6-5-7-13(8-12)21-4/h5-8H,9,16H2,1-4H3. The molecule has 0 unspecified atom stereocenters. The van der Waals surface area contributed by atoms with Crippen molar-refractivity contribution in [2.24, 2.45) is 0 Å². The minimum Gasteiger partial charge on any atom is -0.497 e. The molecule has 1 aromatic heterocycles. The molecule has 21 heavy (non-hydrogen) atoms. The number of ether oxygens (including phenoxy) is 1. The number of nitrogens with zero attached hydrogens (tertiary/aromatic N) is 3. The van der Waals surface area contributed by atoms with Gasteiger partial charge in [0.2, 0.25) is 5.91 Å². The second-order valence-electron chi connectivity index (χ2n) is 4.90. The summed E-state index contributed by atoms with van der Waals surface area (Å²) >= 11 is 0. The maximum Gasteiger partial charge on any atom is 0.248 e. The zero-order chi connectivity index (χ0) is 15.6. The number of aryl methyl sites for hydroxylation is 1. The first-order chi connectivity index (χ1) is 9.93. The number of carbonyl (C=O) groups excluding carboxylic acids is 1. The van der Waals surface area contributed by atoms with E-state index < -0.39 is 0 Å². The molecule has 0 aliphatic rings. The molecule has 0 fully saturated rings. The summed E-state index contributed by atoms with van der Waals surface area (Å²) < 4.78 is 6.80. The van der Waals surface area contributed by atoms with Crippen molar-refractivity contribution in [3.8, 4) is 5.75 Å². The first kappa shape index (κ1) is 14.9. The third-order valence-corrected chi connectivity index (χ3v) is 3.54. The summed E-state index contributed by atoms with van der Waals surface area (Å²) in [4.78, 5) is 13.9. The van der Waals surface area contributed by atoms with Crippen molar-refractivity contribution < 1.29 is 9.53 Å². The van der Waals surface area contributed by atoms with E-state index >= 15 is 0 Å². The van der Waals surface area contributed by atoms with Crippen molar-refractivity contribution >= 4 is 17.3 Å². The smallest absolute Gasteiger partial charge is 0.248 e. The number of nitrogens with two attached hydrogens (primary N) is 1. The quantitative estimate of drug-likeness (QED) is 0.930. The van der Waals surface area contributed by atoms with Gasteiger partial charge in [0.05, 0.1) is 24.2 Å². The van der Waals surface area contributed by atoms with Gasteiger partial charge in [0.15, 0.2) is 0 Å². The number of benzene rings is 1. The monoisotopic (exact) mass is 288 g/mol. The Bertz CT molecular complexity index is 664. The molecule has 1 amide bonds. The van der Waals surface area contributed by atoms with Crippen LogP contribution in [-0.2, 0) is 11.3 Å². The van der Waals surface area contributed by atoms with Gasteiger partial charge < -0.3 is 15.4 Å². The molecule has 1 heterocycles. The highest BCUT2D eigenvalue weighted by Gasteiger charge is 2.16.